The molecule has 0 fully saturated rings. The molecule has 1 aliphatic heterocycles. The fourth-order valence-electron chi connectivity index (χ4n) is 2.28. The summed E-state index contributed by atoms with van der Waals surface area (Å²) in [6, 6.07) is 5.24. The van der Waals surface area contributed by atoms with Crippen LogP contribution in [0.25, 0.3) is 0 Å². The van der Waals surface area contributed by atoms with Gasteiger partial charge in [-0.25, -0.2) is 9.69 Å². The molecule has 0 bridgehead atoms. The third-order valence-corrected chi connectivity index (χ3v) is 4.15. The molecule has 1 aliphatic rings. The molecule has 0 aromatic carbocycles. The third kappa shape index (κ3) is 1.74. The fourth-order valence-corrected chi connectivity index (χ4v) is 2.89. The van der Waals surface area contributed by atoms with Gasteiger partial charge >= 0.3 is 0 Å². The van der Waals surface area contributed by atoms with Gasteiger partial charge in [-0.2, -0.15) is 5.10 Å². The highest BCUT2D eigenvalue weighted by Gasteiger charge is 2.45. The predicted octanol–water partition coefficient (Wildman–Crippen LogP) is 1.75. The molecule has 0 radical (unpaired) electrons. The summed E-state index contributed by atoms with van der Waals surface area (Å²) >= 11 is 1.33. The number of rotatable bonds is 2. The second-order valence-electron chi connectivity index (χ2n) is 5.14. The summed E-state index contributed by atoms with van der Waals surface area (Å²) in [6.45, 7) is 5.51. The molecular weight excluding hydrogens is 276 g/mol. The van der Waals surface area contributed by atoms with E-state index >= 15 is 0 Å². The number of fused-ring (bicyclic) bond motifs is 1. The van der Waals surface area contributed by atoms with Crippen LogP contribution < -0.4 is 5.43 Å². The normalized spacial score (nSPS) is 16.4. The first-order valence-electron chi connectivity index (χ1n) is 6.17. The molecule has 0 saturated heterocycles. The Morgan fingerprint density at radius 2 is 2.20 bits per heavy atom. The molecule has 2 aromatic heterocycles. The van der Waals surface area contributed by atoms with Crippen molar-refractivity contribution in [2.45, 2.75) is 26.4 Å². The Bertz CT molecular complexity index is 687. The average molecular weight is 290 g/mol. The molecule has 0 spiro atoms. The summed E-state index contributed by atoms with van der Waals surface area (Å²) in [5, 5.41) is 7.47. The molecule has 3 heterocycles. The van der Waals surface area contributed by atoms with Crippen LogP contribution in [0.4, 0.5) is 0 Å². The number of hydrogen-bond acceptors (Lipinski definition) is 4. The van der Waals surface area contributed by atoms with Crippen LogP contribution in [0, 0.1) is 6.92 Å². The lowest BCUT2D eigenvalue weighted by Gasteiger charge is -2.31. The average Bonchev–Trinajstić information content (AvgIpc) is 3.05. The van der Waals surface area contributed by atoms with Gasteiger partial charge in [0.25, 0.3) is 11.8 Å². The number of carbonyl (C=O) groups is 2. The SMILES string of the molecule is Cc1cc2n(n1)C(C)(C)N(NC(=O)c1cccs1)C2=O. The smallest absolute Gasteiger partial charge is 0.266 e. The van der Waals surface area contributed by atoms with E-state index < -0.39 is 5.66 Å². The van der Waals surface area contributed by atoms with E-state index in [2.05, 4.69) is 10.5 Å². The number of nitrogens with one attached hydrogen (secondary N) is 1. The van der Waals surface area contributed by atoms with E-state index in [-0.39, 0.29) is 11.8 Å². The van der Waals surface area contributed by atoms with E-state index in [1.807, 2.05) is 26.2 Å². The first-order valence-corrected chi connectivity index (χ1v) is 7.05. The van der Waals surface area contributed by atoms with E-state index in [0.717, 1.165) is 5.69 Å². The van der Waals surface area contributed by atoms with Gasteiger partial charge in [0.2, 0.25) is 0 Å². The van der Waals surface area contributed by atoms with Gasteiger partial charge in [0.15, 0.2) is 5.66 Å². The number of amides is 2. The van der Waals surface area contributed by atoms with Crippen LogP contribution in [0.15, 0.2) is 23.6 Å². The number of aromatic nitrogens is 2. The molecule has 104 valence electrons. The lowest BCUT2D eigenvalue weighted by atomic mass is 10.2. The lowest BCUT2D eigenvalue weighted by molar-refractivity contribution is 0.0207. The third-order valence-electron chi connectivity index (χ3n) is 3.28. The number of hydrazine groups is 1. The summed E-state index contributed by atoms with van der Waals surface area (Å²) in [5.74, 6) is -0.538. The van der Waals surface area contributed by atoms with Gasteiger partial charge < -0.3 is 0 Å². The molecule has 0 unspecified atom stereocenters. The number of hydrogen-bond donors (Lipinski definition) is 1. The second-order valence-corrected chi connectivity index (χ2v) is 6.08. The molecule has 0 saturated carbocycles. The highest BCUT2D eigenvalue weighted by atomic mass is 32.1. The monoisotopic (exact) mass is 290 g/mol. The summed E-state index contributed by atoms with van der Waals surface area (Å²) in [6.07, 6.45) is 0. The van der Waals surface area contributed by atoms with Crippen molar-refractivity contribution < 1.29 is 9.59 Å². The summed E-state index contributed by atoms with van der Waals surface area (Å²) in [4.78, 5) is 25.1. The Balaban J connectivity index is 1.91. The van der Waals surface area contributed by atoms with Gasteiger partial charge in [0.1, 0.15) is 5.69 Å². The van der Waals surface area contributed by atoms with Crippen molar-refractivity contribution in [1.29, 1.82) is 0 Å². The maximum absolute atomic E-state index is 12.4. The molecule has 7 heteroatoms. The minimum atomic E-state index is -0.729. The van der Waals surface area contributed by atoms with E-state index in [0.29, 0.717) is 10.6 Å². The van der Waals surface area contributed by atoms with Gasteiger partial charge in [-0.1, -0.05) is 6.07 Å². The van der Waals surface area contributed by atoms with E-state index in [9.17, 15) is 9.59 Å². The molecule has 3 rings (SSSR count). The molecule has 0 atom stereocenters. The summed E-state index contributed by atoms with van der Waals surface area (Å²) < 4.78 is 1.64. The quantitative estimate of drug-likeness (QED) is 0.916. The molecule has 2 aromatic rings. The van der Waals surface area contributed by atoms with Gasteiger partial charge in [0.05, 0.1) is 10.6 Å². The Hall–Kier alpha value is -2.15. The summed E-state index contributed by atoms with van der Waals surface area (Å²) in [5.41, 5.74) is 3.21. The van der Waals surface area contributed by atoms with Crippen LogP contribution in [0.3, 0.4) is 0 Å². The second kappa shape index (κ2) is 4.17. The zero-order valence-electron chi connectivity index (χ0n) is 11.4. The number of nitrogens with zero attached hydrogens (tertiary/aromatic N) is 3. The van der Waals surface area contributed by atoms with Crippen molar-refractivity contribution in [1.82, 2.24) is 20.2 Å². The van der Waals surface area contributed by atoms with Crippen LogP contribution in [-0.2, 0) is 5.66 Å². The molecular formula is C13H14N4O2S. The maximum Gasteiger partial charge on any atom is 0.292 e. The molecule has 6 nitrogen and oxygen atoms in total. The van der Waals surface area contributed by atoms with Crippen LogP contribution in [0.5, 0.6) is 0 Å². The van der Waals surface area contributed by atoms with Gasteiger partial charge in [0, 0.05) is 0 Å². The predicted molar refractivity (Wildman–Crippen MR) is 74.2 cm³/mol. The van der Waals surface area contributed by atoms with Crippen molar-refractivity contribution in [2.75, 3.05) is 0 Å². The first kappa shape index (κ1) is 12.9. The highest BCUT2D eigenvalue weighted by Crippen LogP contribution is 2.30. The molecule has 1 N–H and O–H groups in total. The Morgan fingerprint density at radius 1 is 1.45 bits per heavy atom. The number of thiophene rings is 1. The standard InChI is InChI=1S/C13H14N4O2S/c1-8-7-9-12(19)17(13(2,3)16(9)14-8)15-11(18)10-5-4-6-20-10/h4-7H,1-3H3,(H,15,18). The maximum atomic E-state index is 12.4. The molecule has 20 heavy (non-hydrogen) atoms. The Morgan fingerprint density at radius 3 is 2.80 bits per heavy atom. The zero-order chi connectivity index (χ0) is 14.5. The fraction of sp³-hybridized carbons (Fsp3) is 0.308. The van der Waals surface area contributed by atoms with Gasteiger partial charge in [-0.15, -0.1) is 11.3 Å². The highest BCUT2D eigenvalue weighted by molar-refractivity contribution is 7.12. The van der Waals surface area contributed by atoms with E-state index in [1.165, 1.54) is 16.3 Å². The van der Waals surface area contributed by atoms with Gasteiger partial charge in [-0.3, -0.25) is 15.0 Å². The van der Waals surface area contributed by atoms with Crippen molar-refractivity contribution in [3.05, 3.63) is 39.8 Å². The number of aryl methyl sites for hydroxylation is 1. The minimum absolute atomic E-state index is 0.250. The zero-order valence-corrected chi connectivity index (χ0v) is 12.2. The Labute approximate surface area is 120 Å². The van der Waals surface area contributed by atoms with Crippen LogP contribution in [0.1, 0.15) is 39.7 Å². The summed E-state index contributed by atoms with van der Waals surface area (Å²) in [7, 11) is 0. The van der Waals surface area contributed by atoms with E-state index in [4.69, 9.17) is 0 Å². The van der Waals surface area contributed by atoms with Crippen molar-refractivity contribution in [2.24, 2.45) is 0 Å². The minimum Gasteiger partial charge on any atom is -0.266 e. The van der Waals surface area contributed by atoms with Gasteiger partial charge in [-0.05, 0) is 38.3 Å². The molecule has 2 amide bonds. The van der Waals surface area contributed by atoms with Crippen LogP contribution in [0.2, 0.25) is 0 Å². The lowest BCUT2D eigenvalue weighted by Crippen LogP contribution is -2.53. The van der Waals surface area contributed by atoms with Crippen molar-refractivity contribution >= 4 is 23.2 Å². The van der Waals surface area contributed by atoms with Crippen molar-refractivity contribution in [3.8, 4) is 0 Å². The van der Waals surface area contributed by atoms with Crippen LogP contribution >= 0.6 is 11.3 Å². The Kier molecular flexibility index (Phi) is 2.68. The first-order chi connectivity index (χ1) is 9.41. The number of carbonyl (C=O) groups excluding carboxylic acids is 2. The topological polar surface area (TPSA) is 67.2 Å². The largest absolute Gasteiger partial charge is 0.292 e. The van der Waals surface area contributed by atoms with E-state index in [1.54, 1.807) is 22.9 Å². The van der Waals surface area contributed by atoms with Crippen molar-refractivity contribution in [3.63, 3.8) is 0 Å². The molecule has 0 aliphatic carbocycles. The van der Waals surface area contributed by atoms with Crippen LogP contribution in [-0.4, -0.2) is 26.6 Å².